The Bertz CT molecular complexity index is 2650. The van der Waals surface area contributed by atoms with Crippen LogP contribution in [0, 0.1) is 0 Å². The second kappa shape index (κ2) is 8.29. The number of benzene rings is 6. The molecule has 0 spiro atoms. The van der Waals surface area contributed by atoms with E-state index in [4.69, 9.17) is 4.98 Å². The molecule has 10 rings (SSSR count). The van der Waals surface area contributed by atoms with Crippen molar-refractivity contribution in [1.82, 2.24) is 14.1 Å². The summed E-state index contributed by atoms with van der Waals surface area (Å²) in [6.45, 7) is 0. The van der Waals surface area contributed by atoms with Crippen LogP contribution in [0.2, 0.25) is 0 Å². The molecule has 0 aliphatic rings. The van der Waals surface area contributed by atoms with Gasteiger partial charge in [-0.25, -0.2) is 4.98 Å². The van der Waals surface area contributed by atoms with Crippen molar-refractivity contribution >= 4 is 96.7 Å². The summed E-state index contributed by atoms with van der Waals surface area (Å²) in [6.07, 6.45) is 0. The van der Waals surface area contributed by atoms with Gasteiger partial charge in [-0.2, -0.15) is 0 Å². The highest BCUT2D eigenvalue weighted by atomic mass is 32.1. The van der Waals surface area contributed by atoms with Crippen molar-refractivity contribution < 1.29 is 0 Å². The fraction of sp³-hybridized carbons (Fsp3) is 0. The van der Waals surface area contributed by atoms with E-state index in [1.807, 2.05) is 11.3 Å². The van der Waals surface area contributed by atoms with Gasteiger partial charge in [0.1, 0.15) is 0 Å². The molecule has 0 aliphatic heterocycles. The van der Waals surface area contributed by atoms with Crippen LogP contribution >= 0.6 is 22.7 Å². The fourth-order valence-electron chi connectivity index (χ4n) is 6.79. The third-order valence-electron chi connectivity index (χ3n) is 8.57. The minimum Gasteiger partial charge on any atom is -0.309 e. The van der Waals surface area contributed by atoms with Crippen LogP contribution in [0.5, 0.6) is 0 Å². The Balaban J connectivity index is 1.30. The number of nitrogens with zero attached hydrogens (tertiary/aromatic N) is 3. The van der Waals surface area contributed by atoms with Crippen LogP contribution in [-0.2, 0) is 0 Å². The van der Waals surface area contributed by atoms with Crippen LogP contribution in [0.3, 0.4) is 0 Å². The lowest BCUT2D eigenvalue weighted by Gasteiger charge is -2.09. The van der Waals surface area contributed by atoms with Gasteiger partial charge in [0.2, 0.25) is 0 Å². The summed E-state index contributed by atoms with van der Waals surface area (Å²) in [7, 11) is 0. The van der Waals surface area contributed by atoms with Gasteiger partial charge in [-0.15, -0.1) is 11.3 Å². The average Bonchev–Trinajstić information content (AvgIpc) is 3.79. The SMILES string of the molecule is c1ccc2c(c1)sc1ccc3sc(-n4c5ccccc5c5ccc(-n6c7ccccc7c7ccccc76)cc54)nc3c12. The molecule has 0 radical (unpaired) electrons. The molecule has 4 heterocycles. The zero-order valence-electron chi connectivity index (χ0n) is 22.3. The van der Waals surface area contributed by atoms with E-state index in [-0.39, 0.29) is 0 Å². The maximum Gasteiger partial charge on any atom is 0.195 e. The number of aromatic nitrogens is 3. The standard InChI is InChI=1S/C37H21N3S2/c1-5-13-28-23(9-1)24-10-2-6-14-29(24)39(28)22-17-18-26-25-11-3-7-15-30(25)40(31(26)21-22)37-38-36-34(42-37)20-19-33-35(36)27-12-4-8-16-32(27)41-33/h1-21H. The van der Waals surface area contributed by atoms with E-state index in [1.165, 1.54) is 68.5 Å². The number of thiophene rings is 1. The number of hydrogen-bond donors (Lipinski definition) is 0. The van der Waals surface area contributed by atoms with Crippen molar-refractivity contribution in [2.75, 3.05) is 0 Å². The van der Waals surface area contributed by atoms with Gasteiger partial charge in [-0.1, -0.05) is 90.2 Å². The molecule has 0 bridgehead atoms. The highest BCUT2D eigenvalue weighted by molar-refractivity contribution is 7.26. The summed E-state index contributed by atoms with van der Waals surface area (Å²) < 4.78 is 8.57. The number of para-hydroxylation sites is 3. The van der Waals surface area contributed by atoms with Crippen LogP contribution in [0.25, 0.3) is 84.8 Å². The van der Waals surface area contributed by atoms with Crippen LogP contribution < -0.4 is 0 Å². The quantitative estimate of drug-likeness (QED) is 0.202. The van der Waals surface area contributed by atoms with Gasteiger partial charge >= 0.3 is 0 Å². The van der Waals surface area contributed by atoms with E-state index in [0.29, 0.717) is 0 Å². The Morgan fingerprint density at radius 2 is 1.00 bits per heavy atom. The number of hydrogen-bond acceptors (Lipinski definition) is 3. The molecule has 10 aromatic rings. The predicted molar refractivity (Wildman–Crippen MR) is 181 cm³/mol. The molecular formula is C37H21N3S2. The van der Waals surface area contributed by atoms with E-state index in [1.54, 1.807) is 11.3 Å². The molecule has 3 nitrogen and oxygen atoms in total. The van der Waals surface area contributed by atoms with Crippen molar-refractivity contribution in [2.45, 2.75) is 0 Å². The van der Waals surface area contributed by atoms with Gasteiger partial charge in [0.25, 0.3) is 0 Å². The van der Waals surface area contributed by atoms with Crippen molar-refractivity contribution in [3.63, 3.8) is 0 Å². The molecule has 0 unspecified atom stereocenters. The molecule has 0 amide bonds. The summed E-state index contributed by atoms with van der Waals surface area (Å²) in [5, 5.41) is 8.57. The van der Waals surface area contributed by atoms with Gasteiger partial charge < -0.3 is 4.57 Å². The number of thiazole rings is 1. The van der Waals surface area contributed by atoms with Crippen LogP contribution in [-0.4, -0.2) is 14.1 Å². The summed E-state index contributed by atoms with van der Waals surface area (Å²) in [5.74, 6) is 0. The van der Waals surface area contributed by atoms with Crippen molar-refractivity contribution in [3.8, 4) is 10.8 Å². The van der Waals surface area contributed by atoms with Gasteiger partial charge in [-0.3, -0.25) is 4.57 Å². The zero-order valence-corrected chi connectivity index (χ0v) is 23.9. The van der Waals surface area contributed by atoms with E-state index < -0.39 is 0 Å². The van der Waals surface area contributed by atoms with E-state index in [9.17, 15) is 0 Å². The second-order valence-electron chi connectivity index (χ2n) is 10.8. The number of fused-ring (bicyclic) bond motifs is 11. The third kappa shape index (κ3) is 2.96. The van der Waals surface area contributed by atoms with E-state index in [0.717, 1.165) is 16.3 Å². The highest BCUT2D eigenvalue weighted by Crippen LogP contribution is 2.42. The Kier molecular flexibility index (Phi) is 4.48. The van der Waals surface area contributed by atoms with Gasteiger partial charge in [0.05, 0.1) is 32.3 Å². The van der Waals surface area contributed by atoms with Gasteiger partial charge in [0, 0.05) is 47.4 Å². The van der Waals surface area contributed by atoms with E-state index >= 15 is 0 Å². The molecule has 0 aliphatic carbocycles. The molecule has 4 aromatic heterocycles. The van der Waals surface area contributed by atoms with E-state index in [2.05, 4.69) is 137 Å². The van der Waals surface area contributed by atoms with Gasteiger partial charge in [0.15, 0.2) is 5.13 Å². The van der Waals surface area contributed by atoms with Crippen molar-refractivity contribution in [3.05, 3.63) is 127 Å². The minimum atomic E-state index is 0.998. The van der Waals surface area contributed by atoms with Crippen LogP contribution in [0.15, 0.2) is 127 Å². The first-order chi connectivity index (χ1) is 20.8. The Labute approximate surface area is 248 Å². The summed E-state index contributed by atoms with van der Waals surface area (Å²) >= 11 is 3.62. The molecule has 196 valence electrons. The Hall–Kier alpha value is -4.97. The summed E-state index contributed by atoms with van der Waals surface area (Å²) in [4.78, 5) is 5.38. The lowest BCUT2D eigenvalue weighted by molar-refractivity contribution is 1.14. The molecule has 0 saturated carbocycles. The Morgan fingerprint density at radius 1 is 0.429 bits per heavy atom. The van der Waals surface area contributed by atoms with Crippen LogP contribution in [0.1, 0.15) is 0 Å². The molecule has 0 atom stereocenters. The fourth-order valence-corrected chi connectivity index (χ4v) is 8.90. The third-order valence-corrected chi connectivity index (χ3v) is 10.7. The first kappa shape index (κ1) is 22.7. The van der Waals surface area contributed by atoms with Crippen LogP contribution in [0.4, 0.5) is 0 Å². The molecule has 0 N–H and O–H groups in total. The maximum atomic E-state index is 5.38. The van der Waals surface area contributed by atoms with Crippen molar-refractivity contribution in [2.24, 2.45) is 0 Å². The number of rotatable bonds is 2. The zero-order chi connectivity index (χ0) is 27.4. The summed E-state index contributed by atoms with van der Waals surface area (Å²) in [6, 6.07) is 46.2. The smallest absolute Gasteiger partial charge is 0.195 e. The first-order valence-corrected chi connectivity index (χ1v) is 15.7. The molecule has 6 aromatic carbocycles. The normalized spacial score (nSPS) is 12.3. The lowest BCUT2D eigenvalue weighted by atomic mass is 10.1. The molecule has 5 heteroatoms. The minimum absolute atomic E-state index is 0.998. The molecular weight excluding hydrogens is 551 g/mol. The predicted octanol–water partition coefficient (Wildman–Crippen LogP) is 10.9. The molecule has 0 fully saturated rings. The average molecular weight is 572 g/mol. The molecule has 42 heavy (non-hydrogen) atoms. The van der Waals surface area contributed by atoms with Gasteiger partial charge in [-0.05, 0) is 48.5 Å². The second-order valence-corrected chi connectivity index (χ2v) is 12.9. The topological polar surface area (TPSA) is 22.8 Å². The van der Waals surface area contributed by atoms with Crippen molar-refractivity contribution in [1.29, 1.82) is 0 Å². The largest absolute Gasteiger partial charge is 0.309 e. The first-order valence-electron chi connectivity index (χ1n) is 14.1. The lowest BCUT2D eigenvalue weighted by Crippen LogP contribution is -1.96. The summed E-state index contributed by atoms with van der Waals surface area (Å²) in [5.41, 5.74) is 7.02. The monoisotopic (exact) mass is 571 g/mol. The highest BCUT2D eigenvalue weighted by Gasteiger charge is 2.19. The maximum absolute atomic E-state index is 5.38. The Morgan fingerprint density at radius 3 is 1.71 bits per heavy atom. The molecule has 0 saturated heterocycles.